The van der Waals surface area contributed by atoms with Crippen LogP contribution >= 0.6 is 11.6 Å². The molecule has 2 rings (SSSR count). The van der Waals surface area contributed by atoms with E-state index in [4.69, 9.17) is 25.8 Å². The molecule has 17 heavy (non-hydrogen) atoms. The second-order valence-corrected chi connectivity index (χ2v) is 5.27. The number of carbonyl (C=O) groups excluding carboxylic acids is 1. The van der Waals surface area contributed by atoms with Crippen molar-refractivity contribution in [1.29, 1.82) is 0 Å². The Labute approximate surface area is 107 Å². The number of hydrogen-bond donors (Lipinski definition) is 0. The summed E-state index contributed by atoms with van der Waals surface area (Å²) >= 11 is 5.46. The van der Waals surface area contributed by atoms with Crippen LogP contribution in [0, 0.1) is 5.92 Å². The van der Waals surface area contributed by atoms with Gasteiger partial charge in [-0.25, -0.2) is 0 Å². The summed E-state index contributed by atoms with van der Waals surface area (Å²) in [6.07, 6.45) is 2.66. The van der Waals surface area contributed by atoms with E-state index in [9.17, 15) is 4.79 Å². The van der Waals surface area contributed by atoms with Gasteiger partial charge in [-0.1, -0.05) is 0 Å². The molecule has 2 fully saturated rings. The van der Waals surface area contributed by atoms with Crippen molar-refractivity contribution in [3.05, 3.63) is 0 Å². The van der Waals surface area contributed by atoms with Crippen LogP contribution in [-0.4, -0.2) is 43.4 Å². The average Bonchev–Trinajstić information content (AvgIpc) is 3.08. The van der Waals surface area contributed by atoms with Gasteiger partial charge < -0.3 is 14.2 Å². The zero-order valence-electron chi connectivity index (χ0n) is 10.3. The van der Waals surface area contributed by atoms with E-state index in [-0.39, 0.29) is 29.7 Å². The quantitative estimate of drug-likeness (QED) is 0.440. The molecule has 0 aromatic heterocycles. The summed E-state index contributed by atoms with van der Waals surface area (Å²) in [5, 5.41) is 0. The molecule has 4 nitrogen and oxygen atoms in total. The fourth-order valence-corrected chi connectivity index (χ4v) is 2.81. The molecule has 0 aromatic carbocycles. The lowest BCUT2D eigenvalue weighted by atomic mass is 9.77. The first kappa shape index (κ1) is 13.1. The molecule has 0 amide bonds. The van der Waals surface area contributed by atoms with Gasteiger partial charge in [-0.3, -0.25) is 4.79 Å². The normalized spacial score (nSPS) is 41.0. The second-order valence-electron chi connectivity index (χ2n) is 5.00. The van der Waals surface area contributed by atoms with Gasteiger partial charge in [0.2, 0.25) is 0 Å². The maximum Gasteiger partial charge on any atom is 0.321 e. The molecule has 1 heterocycles. The first-order valence-corrected chi connectivity index (χ1v) is 6.56. The van der Waals surface area contributed by atoms with Crippen LogP contribution in [0.2, 0.25) is 0 Å². The van der Waals surface area contributed by atoms with Crippen molar-refractivity contribution in [2.75, 3.05) is 19.6 Å². The van der Waals surface area contributed by atoms with Gasteiger partial charge in [0.05, 0.1) is 18.3 Å². The highest BCUT2D eigenvalue weighted by molar-refractivity contribution is 6.26. The maximum absolute atomic E-state index is 11.3. The monoisotopic (exact) mass is 262 g/mol. The van der Waals surface area contributed by atoms with E-state index in [1.165, 1.54) is 0 Å². The van der Waals surface area contributed by atoms with Gasteiger partial charge >= 0.3 is 5.97 Å². The molecule has 98 valence electrons. The molecule has 0 radical (unpaired) electrons. The molecule has 0 unspecified atom stereocenters. The highest BCUT2D eigenvalue weighted by Crippen LogP contribution is 2.44. The number of alkyl halides is 1. The third kappa shape index (κ3) is 2.75. The van der Waals surface area contributed by atoms with E-state index >= 15 is 0 Å². The Morgan fingerprint density at radius 1 is 1.53 bits per heavy atom. The fraction of sp³-hybridized carbons (Fsp3) is 0.917. The van der Waals surface area contributed by atoms with Crippen molar-refractivity contribution in [3.8, 4) is 0 Å². The van der Waals surface area contributed by atoms with Crippen LogP contribution in [0.4, 0.5) is 0 Å². The molecule has 1 aliphatic carbocycles. The molecule has 1 saturated carbocycles. The molecular weight excluding hydrogens is 244 g/mol. The Morgan fingerprint density at radius 3 is 2.76 bits per heavy atom. The lowest BCUT2D eigenvalue weighted by Crippen LogP contribution is -2.47. The molecule has 0 bridgehead atoms. The number of carbonyl (C=O) groups is 1. The minimum atomic E-state index is -0.374. The SMILES string of the molecule is CO[C@H]1[C@H]([C@]2(C)CO2)CCC[C@H]1OC(=O)CCl. The highest BCUT2D eigenvalue weighted by atomic mass is 35.5. The first-order valence-electron chi connectivity index (χ1n) is 6.03. The van der Waals surface area contributed by atoms with Gasteiger partial charge in [-0.2, -0.15) is 0 Å². The number of halogens is 1. The topological polar surface area (TPSA) is 48.1 Å². The Hall–Kier alpha value is -0.320. The molecule has 2 aliphatic rings. The summed E-state index contributed by atoms with van der Waals surface area (Å²) < 4.78 is 16.4. The second kappa shape index (κ2) is 5.12. The van der Waals surface area contributed by atoms with Crippen molar-refractivity contribution in [2.24, 2.45) is 5.92 Å². The van der Waals surface area contributed by atoms with Crippen molar-refractivity contribution in [1.82, 2.24) is 0 Å². The number of epoxide rings is 1. The zero-order valence-corrected chi connectivity index (χ0v) is 11.0. The lowest BCUT2D eigenvalue weighted by Gasteiger charge is -2.38. The van der Waals surface area contributed by atoms with Crippen molar-refractivity contribution >= 4 is 17.6 Å². The summed E-state index contributed by atoms with van der Waals surface area (Å²) in [6, 6.07) is 0. The molecule has 5 heteroatoms. The van der Waals surface area contributed by atoms with Gasteiger partial charge in [0.25, 0.3) is 0 Å². The third-order valence-electron chi connectivity index (χ3n) is 3.81. The molecule has 4 atom stereocenters. The van der Waals surface area contributed by atoms with Gasteiger partial charge in [0.1, 0.15) is 12.0 Å². The van der Waals surface area contributed by atoms with Gasteiger partial charge in [-0.05, 0) is 26.2 Å². The molecule has 0 N–H and O–H groups in total. The van der Waals surface area contributed by atoms with E-state index in [2.05, 4.69) is 6.92 Å². The van der Waals surface area contributed by atoms with E-state index in [1.807, 2.05) is 0 Å². The molecule has 0 spiro atoms. The number of hydrogen-bond acceptors (Lipinski definition) is 4. The lowest BCUT2D eigenvalue weighted by molar-refractivity contribution is -0.162. The van der Waals surface area contributed by atoms with Crippen molar-refractivity contribution < 1.29 is 19.0 Å². The predicted molar refractivity (Wildman–Crippen MR) is 63.1 cm³/mol. The summed E-state index contributed by atoms with van der Waals surface area (Å²) in [6.45, 7) is 2.86. The highest BCUT2D eigenvalue weighted by Gasteiger charge is 2.53. The molecule has 1 saturated heterocycles. The largest absolute Gasteiger partial charge is 0.459 e. The minimum Gasteiger partial charge on any atom is -0.459 e. The Kier molecular flexibility index (Phi) is 3.95. The van der Waals surface area contributed by atoms with Gasteiger partial charge in [0, 0.05) is 13.0 Å². The van der Waals surface area contributed by atoms with E-state index in [1.54, 1.807) is 7.11 Å². The van der Waals surface area contributed by atoms with Crippen LogP contribution in [0.15, 0.2) is 0 Å². The first-order chi connectivity index (χ1) is 8.10. The number of rotatable bonds is 4. The number of esters is 1. The molecule has 1 aliphatic heterocycles. The van der Waals surface area contributed by atoms with Crippen molar-refractivity contribution in [2.45, 2.75) is 44.0 Å². The number of ether oxygens (including phenoxy) is 3. The summed E-state index contributed by atoms with van der Waals surface area (Å²) in [5.74, 6) is -0.179. The maximum atomic E-state index is 11.3. The Bertz CT molecular complexity index is 290. The molecule has 0 aromatic rings. The van der Waals surface area contributed by atoms with Gasteiger partial charge in [-0.15, -0.1) is 11.6 Å². The summed E-state index contributed by atoms with van der Waals surface area (Å²) in [4.78, 5) is 11.3. The average molecular weight is 263 g/mol. The van der Waals surface area contributed by atoms with E-state index in [0.29, 0.717) is 5.92 Å². The van der Waals surface area contributed by atoms with Crippen LogP contribution in [0.5, 0.6) is 0 Å². The third-order valence-corrected chi connectivity index (χ3v) is 4.03. The van der Waals surface area contributed by atoms with Crippen LogP contribution in [0.3, 0.4) is 0 Å². The zero-order chi connectivity index (χ0) is 12.5. The minimum absolute atomic E-state index is 0.0802. The number of methoxy groups -OCH3 is 1. The summed E-state index contributed by atoms with van der Waals surface area (Å²) in [7, 11) is 1.66. The molecular formula is C12H19ClO4. The van der Waals surface area contributed by atoms with Crippen LogP contribution in [0.1, 0.15) is 26.2 Å². The van der Waals surface area contributed by atoms with E-state index < -0.39 is 0 Å². The summed E-state index contributed by atoms with van der Waals surface area (Å²) in [5.41, 5.74) is -0.0906. The van der Waals surface area contributed by atoms with Crippen LogP contribution < -0.4 is 0 Å². The van der Waals surface area contributed by atoms with Gasteiger partial charge in [0.15, 0.2) is 0 Å². The Balaban J connectivity index is 2.03. The predicted octanol–water partition coefficient (Wildman–Crippen LogP) is 1.74. The standard InChI is InChI=1S/C12H19ClO4/c1-12(7-16-12)8-4-3-5-9(11(8)15-2)17-10(14)6-13/h8-9,11H,3-7H2,1-2H3/t8-,9-,11+,12+/m1/s1. The fourth-order valence-electron chi connectivity index (χ4n) is 2.75. The smallest absolute Gasteiger partial charge is 0.321 e. The van der Waals surface area contributed by atoms with Crippen LogP contribution in [-0.2, 0) is 19.0 Å². The van der Waals surface area contributed by atoms with Crippen LogP contribution in [0.25, 0.3) is 0 Å². The van der Waals surface area contributed by atoms with E-state index in [0.717, 1.165) is 25.9 Å². The Morgan fingerprint density at radius 2 is 2.24 bits per heavy atom. The van der Waals surface area contributed by atoms with Crippen molar-refractivity contribution in [3.63, 3.8) is 0 Å².